The van der Waals surface area contributed by atoms with Crippen LogP contribution in [-0.4, -0.2) is 47.9 Å². The lowest BCUT2D eigenvalue weighted by Gasteiger charge is -2.28. The largest absolute Gasteiger partial charge is 0.466 e. The molecule has 0 aliphatic rings. The summed E-state index contributed by atoms with van der Waals surface area (Å²) >= 11 is 0. The van der Waals surface area contributed by atoms with E-state index >= 15 is 0 Å². The lowest BCUT2D eigenvalue weighted by atomic mass is 10.0. The van der Waals surface area contributed by atoms with Crippen LogP contribution in [0, 0.1) is 0 Å². The van der Waals surface area contributed by atoms with Crippen molar-refractivity contribution in [3.05, 3.63) is 41.5 Å². The van der Waals surface area contributed by atoms with Crippen molar-refractivity contribution in [3.8, 4) is 0 Å². The first-order valence-electron chi connectivity index (χ1n) is 9.90. The number of amides is 2. The Kier molecular flexibility index (Phi) is 9.08. The van der Waals surface area contributed by atoms with E-state index in [0.29, 0.717) is 12.8 Å². The molecular formula is C23H33NO6. The Balaban J connectivity index is 2.89. The van der Waals surface area contributed by atoms with Crippen molar-refractivity contribution in [3.63, 3.8) is 0 Å². The quantitative estimate of drug-likeness (QED) is 0.367. The van der Waals surface area contributed by atoms with E-state index < -0.39 is 29.4 Å². The van der Waals surface area contributed by atoms with Crippen LogP contribution in [0.25, 0.3) is 6.08 Å². The van der Waals surface area contributed by atoms with E-state index in [-0.39, 0.29) is 6.54 Å². The summed E-state index contributed by atoms with van der Waals surface area (Å²) in [7, 11) is 1.32. The molecule has 30 heavy (non-hydrogen) atoms. The normalized spacial score (nSPS) is 11.8. The summed E-state index contributed by atoms with van der Waals surface area (Å²) in [6, 6.07) is 7.58. The van der Waals surface area contributed by atoms with Gasteiger partial charge in [-0.2, -0.15) is 0 Å². The van der Waals surface area contributed by atoms with E-state index in [0.717, 1.165) is 16.0 Å². The molecule has 0 N–H and O–H groups in total. The molecule has 0 aliphatic heterocycles. The molecule has 7 nitrogen and oxygen atoms in total. The van der Waals surface area contributed by atoms with Gasteiger partial charge in [-0.15, -0.1) is 0 Å². The van der Waals surface area contributed by atoms with Crippen LogP contribution < -0.4 is 0 Å². The van der Waals surface area contributed by atoms with Crippen molar-refractivity contribution in [2.75, 3.05) is 13.7 Å². The molecule has 0 atom stereocenters. The number of aryl methyl sites for hydroxylation is 1. The highest BCUT2D eigenvalue weighted by Gasteiger charge is 2.30. The van der Waals surface area contributed by atoms with Gasteiger partial charge in [-0.05, 0) is 71.6 Å². The van der Waals surface area contributed by atoms with Crippen LogP contribution in [0.4, 0.5) is 9.59 Å². The molecule has 1 rings (SSSR count). The monoisotopic (exact) mass is 419 g/mol. The van der Waals surface area contributed by atoms with E-state index in [1.54, 1.807) is 47.6 Å². The van der Waals surface area contributed by atoms with E-state index in [2.05, 4.69) is 4.74 Å². The maximum Gasteiger partial charge on any atom is 0.419 e. The maximum absolute atomic E-state index is 12.5. The van der Waals surface area contributed by atoms with Crippen molar-refractivity contribution >= 4 is 24.2 Å². The van der Waals surface area contributed by atoms with E-state index in [1.165, 1.54) is 13.2 Å². The highest BCUT2D eigenvalue weighted by atomic mass is 16.6. The average molecular weight is 420 g/mol. The predicted molar refractivity (Wildman–Crippen MR) is 115 cm³/mol. The topological polar surface area (TPSA) is 82.1 Å². The summed E-state index contributed by atoms with van der Waals surface area (Å²) in [6.07, 6.45) is 2.64. The molecule has 0 aromatic heterocycles. The molecule has 0 fully saturated rings. The number of ether oxygens (including phenoxy) is 3. The lowest BCUT2D eigenvalue weighted by Crippen LogP contribution is -2.44. The molecule has 1 aromatic carbocycles. The summed E-state index contributed by atoms with van der Waals surface area (Å²) < 4.78 is 15.3. The highest BCUT2D eigenvalue weighted by Crippen LogP contribution is 2.17. The van der Waals surface area contributed by atoms with Crippen LogP contribution in [0.3, 0.4) is 0 Å². The van der Waals surface area contributed by atoms with Gasteiger partial charge in [0.2, 0.25) is 0 Å². The Hall–Kier alpha value is -2.83. The summed E-state index contributed by atoms with van der Waals surface area (Å²) in [5.41, 5.74) is 0.376. The Morgan fingerprint density at radius 2 is 1.47 bits per heavy atom. The van der Waals surface area contributed by atoms with Gasteiger partial charge in [0.1, 0.15) is 11.2 Å². The van der Waals surface area contributed by atoms with Gasteiger partial charge in [0.05, 0.1) is 7.11 Å². The van der Waals surface area contributed by atoms with Gasteiger partial charge in [-0.1, -0.05) is 24.3 Å². The SMILES string of the molecule is COC(=O)/C=C/c1ccccc1CCCN(C(=O)OC(C)(C)C)C(=O)OC(C)(C)C. The molecule has 7 heteroatoms. The number of benzene rings is 1. The highest BCUT2D eigenvalue weighted by molar-refractivity contribution is 5.88. The Morgan fingerprint density at radius 1 is 0.933 bits per heavy atom. The average Bonchev–Trinajstić information content (AvgIpc) is 2.60. The Morgan fingerprint density at radius 3 is 1.97 bits per heavy atom. The minimum absolute atomic E-state index is 0.138. The second-order valence-electron chi connectivity index (χ2n) is 8.77. The van der Waals surface area contributed by atoms with E-state index in [9.17, 15) is 14.4 Å². The molecule has 0 spiro atoms. The van der Waals surface area contributed by atoms with Gasteiger partial charge in [-0.25, -0.2) is 19.3 Å². The number of nitrogens with zero attached hydrogens (tertiary/aromatic N) is 1. The smallest absolute Gasteiger partial charge is 0.419 e. The fourth-order valence-electron chi connectivity index (χ4n) is 2.47. The van der Waals surface area contributed by atoms with Crippen molar-refractivity contribution in [1.29, 1.82) is 0 Å². The molecule has 1 aromatic rings. The minimum Gasteiger partial charge on any atom is -0.466 e. The van der Waals surface area contributed by atoms with Crippen LogP contribution in [-0.2, 0) is 25.4 Å². The van der Waals surface area contributed by atoms with Crippen molar-refractivity contribution in [2.24, 2.45) is 0 Å². The fraction of sp³-hybridized carbons (Fsp3) is 0.522. The zero-order chi connectivity index (χ0) is 22.9. The lowest BCUT2D eigenvalue weighted by molar-refractivity contribution is -0.134. The molecule has 0 saturated heterocycles. The minimum atomic E-state index is -0.740. The third-order valence-electron chi connectivity index (χ3n) is 3.71. The first kappa shape index (κ1) is 25.2. The molecular weight excluding hydrogens is 386 g/mol. The van der Waals surface area contributed by atoms with Gasteiger partial charge in [0.25, 0.3) is 0 Å². The molecule has 0 aliphatic carbocycles. The summed E-state index contributed by atoms with van der Waals surface area (Å²) in [6.45, 7) is 10.6. The van der Waals surface area contributed by atoms with Crippen LogP contribution in [0.5, 0.6) is 0 Å². The second-order valence-corrected chi connectivity index (χ2v) is 8.77. The summed E-state index contributed by atoms with van der Waals surface area (Å²) in [5.74, 6) is -0.439. The molecule has 0 saturated carbocycles. The number of imide groups is 1. The summed E-state index contributed by atoms with van der Waals surface area (Å²) in [5, 5.41) is 0. The van der Waals surface area contributed by atoms with Crippen LogP contribution in [0.15, 0.2) is 30.3 Å². The van der Waals surface area contributed by atoms with Gasteiger partial charge in [0, 0.05) is 12.6 Å². The molecule has 0 bridgehead atoms. The second kappa shape index (κ2) is 10.8. The molecule has 0 unspecified atom stereocenters. The predicted octanol–water partition coefficient (Wildman–Crippen LogP) is 4.98. The number of carbonyl (C=O) groups is 3. The summed E-state index contributed by atoms with van der Waals surface area (Å²) in [4.78, 5) is 37.4. The van der Waals surface area contributed by atoms with E-state index in [1.807, 2.05) is 24.3 Å². The Labute approximate surface area is 179 Å². The maximum atomic E-state index is 12.5. The van der Waals surface area contributed by atoms with Crippen molar-refractivity contribution in [2.45, 2.75) is 65.6 Å². The standard InChI is InChI=1S/C23H33NO6/c1-22(2,3)29-20(26)24(21(27)30-23(4,5)6)16-10-13-17-11-8-9-12-18(17)14-15-19(25)28-7/h8-9,11-12,14-15H,10,13,16H2,1-7H3/b15-14+. The Bertz CT molecular complexity index is 743. The molecule has 2 amide bonds. The first-order chi connectivity index (χ1) is 13.8. The van der Waals surface area contributed by atoms with Gasteiger partial charge in [0.15, 0.2) is 0 Å². The zero-order valence-corrected chi connectivity index (χ0v) is 19.0. The molecule has 0 radical (unpaired) electrons. The van der Waals surface area contributed by atoms with Gasteiger partial charge >= 0.3 is 18.2 Å². The number of methoxy groups -OCH3 is 1. The van der Waals surface area contributed by atoms with Gasteiger partial charge < -0.3 is 14.2 Å². The number of carbonyl (C=O) groups excluding carboxylic acids is 3. The zero-order valence-electron chi connectivity index (χ0n) is 19.0. The fourth-order valence-corrected chi connectivity index (χ4v) is 2.47. The van der Waals surface area contributed by atoms with Crippen LogP contribution >= 0.6 is 0 Å². The van der Waals surface area contributed by atoms with Crippen molar-refractivity contribution < 1.29 is 28.6 Å². The van der Waals surface area contributed by atoms with Crippen LogP contribution in [0.1, 0.15) is 59.1 Å². The third kappa shape index (κ3) is 9.58. The van der Waals surface area contributed by atoms with Crippen molar-refractivity contribution in [1.82, 2.24) is 4.90 Å². The molecule has 166 valence electrons. The third-order valence-corrected chi connectivity index (χ3v) is 3.71. The molecule has 0 heterocycles. The number of hydrogen-bond acceptors (Lipinski definition) is 6. The van der Waals surface area contributed by atoms with E-state index in [4.69, 9.17) is 9.47 Å². The number of rotatable bonds is 6. The first-order valence-corrected chi connectivity index (χ1v) is 9.90. The van der Waals surface area contributed by atoms with Gasteiger partial charge in [-0.3, -0.25) is 0 Å². The number of hydrogen-bond donors (Lipinski definition) is 0. The van der Waals surface area contributed by atoms with Crippen LogP contribution in [0.2, 0.25) is 0 Å². The number of esters is 1.